The van der Waals surface area contributed by atoms with Gasteiger partial charge in [-0.05, 0) is 48.0 Å². The minimum Gasteiger partial charge on any atom is -0.393 e. The van der Waals surface area contributed by atoms with Gasteiger partial charge in [-0.1, -0.05) is 32.9 Å². The molecule has 0 bridgehead atoms. The number of alkyl halides is 3. The molecule has 2 rings (SSSR count). The molecule has 0 aliphatic heterocycles. The number of nitrogens with zero attached hydrogens (tertiary/aromatic N) is 2. The number of hydrogen-bond acceptors (Lipinski definition) is 2. The Bertz CT molecular complexity index is 662. The number of hydrogen-bond donors (Lipinski definition) is 0. The number of pyridine rings is 1. The Kier molecular flexibility index (Phi) is 6.27. The fourth-order valence-electron chi connectivity index (χ4n) is 3.45. The van der Waals surface area contributed by atoms with Crippen molar-refractivity contribution in [3.8, 4) is 0 Å². The fourth-order valence-corrected chi connectivity index (χ4v) is 7.32. The quantitative estimate of drug-likeness (QED) is 0.549. The lowest BCUT2D eigenvalue weighted by molar-refractivity contribution is -0.137. The fraction of sp³-hybridized carbons (Fsp3) is 0.421. The van der Waals surface area contributed by atoms with Gasteiger partial charge >= 0.3 is 6.18 Å². The average molecular weight is 367 g/mol. The molecule has 0 atom stereocenters. The van der Waals surface area contributed by atoms with Crippen molar-refractivity contribution in [3.63, 3.8) is 0 Å². The van der Waals surface area contributed by atoms with Gasteiger partial charge in [-0.25, -0.2) is 0 Å². The molecule has 2 nitrogen and oxygen atoms in total. The zero-order valence-corrected chi connectivity index (χ0v) is 16.0. The first-order valence-corrected chi connectivity index (χ1v) is 11.3. The van der Waals surface area contributed by atoms with E-state index in [-0.39, 0.29) is 0 Å². The second-order valence-corrected chi connectivity index (χ2v) is 11.4. The van der Waals surface area contributed by atoms with Crippen LogP contribution in [0.3, 0.4) is 0 Å². The van der Waals surface area contributed by atoms with E-state index in [9.17, 15) is 13.2 Å². The monoisotopic (exact) mass is 366 g/mol. The highest BCUT2D eigenvalue weighted by atomic mass is 28.3. The molecule has 0 N–H and O–H groups in total. The van der Waals surface area contributed by atoms with Crippen molar-refractivity contribution < 1.29 is 13.2 Å². The van der Waals surface area contributed by atoms with Crippen LogP contribution >= 0.6 is 0 Å². The van der Waals surface area contributed by atoms with Crippen molar-refractivity contribution in [1.82, 2.24) is 4.98 Å². The Balaban J connectivity index is 2.60. The highest BCUT2D eigenvalue weighted by Crippen LogP contribution is 2.41. The molecule has 0 radical (unpaired) electrons. The van der Waals surface area contributed by atoms with E-state index in [1.165, 1.54) is 12.1 Å². The maximum Gasteiger partial charge on any atom is 0.418 e. The van der Waals surface area contributed by atoms with Crippen LogP contribution in [-0.2, 0) is 12.7 Å². The molecule has 1 aromatic heterocycles. The molecule has 0 saturated carbocycles. The van der Waals surface area contributed by atoms with E-state index >= 15 is 0 Å². The summed E-state index contributed by atoms with van der Waals surface area (Å²) in [4.78, 5) is 4.02. The number of aromatic nitrogens is 1. The highest BCUT2D eigenvalue weighted by Gasteiger charge is 2.40. The molecule has 0 aliphatic rings. The van der Waals surface area contributed by atoms with E-state index in [4.69, 9.17) is 0 Å². The van der Waals surface area contributed by atoms with E-state index in [2.05, 4.69) is 30.3 Å². The lowest BCUT2D eigenvalue weighted by atomic mass is 10.1. The van der Waals surface area contributed by atoms with Crippen molar-refractivity contribution in [3.05, 3.63) is 59.9 Å². The van der Waals surface area contributed by atoms with E-state index in [1.54, 1.807) is 24.5 Å². The van der Waals surface area contributed by atoms with Crippen LogP contribution in [0.4, 0.5) is 18.9 Å². The molecule has 0 saturated heterocycles. The average Bonchev–Trinajstić information content (AvgIpc) is 2.63. The van der Waals surface area contributed by atoms with Gasteiger partial charge in [0.25, 0.3) is 0 Å². The van der Waals surface area contributed by atoms with Crippen LogP contribution in [0.25, 0.3) is 0 Å². The minimum atomic E-state index is -4.36. The van der Waals surface area contributed by atoms with Gasteiger partial charge in [-0.15, -0.1) is 0 Å². The third kappa shape index (κ3) is 4.23. The number of anilines is 1. The minimum absolute atomic E-state index is 0.309. The largest absolute Gasteiger partial charge is 0.418 e. The summed E-state index contributed by atoms with van der Waals surface area (Å²) in [6.45, 7) is 6.80. The Morgan fingerprint density at radius 3 is 2.00 bits per heavy atom. The SMILES string of the molecule is CC[Si](CC)(CC)N(Cc1ccncc1)c1ccccc1C(F)(F)F. The predicted molar refractivity (Wildman–Crippen MR) is 99.1 cm³/mol. The third-order valence-corrected chi connectivity index (χ3v) is 10.6. The molecule has 6 heteroatoms. The molecule has 1 heterocycles. The van der Waals surface area contributed by atoms with Gasteiger partial charge in [-0.3, -0.25) is 4.98 Å². The van der Waals surface area contributed by atoms with Gasteiger partial charge in [0.1, 0.15) is 0 Å². The molecular formula is C19H25F3N2Si. The number of rotatable bonds is 7. The van der Waals surface area contributed by atoms with Crippen molar-refractivity contribution in [2.45, 2.75) is 51.6 Å². The second kappa shape index (κ2) is 8.04. The Hall–Kier alpha value is -1.82. The summed E-state index contributed by atoms with van der Waals surface area (Å²) in [6, 6.07) is 12.5. The second-order valence-electron chi connectivity index (χ2n) is 6.24. The van der Waals surface area contributed by atoms with E-state index in [0.717, 1.165) is 23.7 Å². The summed E-state index contributed by atoms with van der Waals surface area (Å²) >= 11 is 0. The molecular weight excluding hydrogens is 341 g/mol. The maximum atomic E-state index is 13.6. The van der Waals surface area contributed by atoms with Gasteiger partial charge in [0, 0.05) is 24.6 Å². The van der Waals surface area contributed by atoms with Gasteiger partial charge in [-0.2, -0.15) is 13.2 Å². The Labute approximate surface area is 148 Å². The maximum absolute atomic E-state index is 13.6. The zero-order chi connectivity index (χ0) is 18.5. The number of halogens is 3. The smallest absolute Gasteiger partial charge is 0.393 e. The number of para-hydroxylation sites is 1. The van der Waals surface area contributed by atoms with Crippen molar-refractivity contribution >= 4 is 13.9 Å². The molecule has 2 aromatic rings. The van der Waals surface area contributed by atoms with Crippen LogP contribution in [0, 0.1) is 0 Å². The summed E-state index contributed by atoms with van der Waals surface area (Å²) in [5.41, 5.74) is 0.750. The summed E-state index contributed by atoms with van der Waals surface area (Å²) in [7, 11) is -2.07. The van der Waals surface area contributed by atoms with Crippen molar-refractivity contribution in [1.29, 1.82) is 0 Å². The molecule has 0 amide bonds. The van der Waals surface area contributed by atoms with Gasteiger partial charge in [0.05, 0.1) is 5.56 Å². The summed E-state index contributed by atoms with van der Waals surface area (Å²) in [5, 5.41) is 0. The van der Waals surface area contributed by atoms with Gasteiger partial charge in [0.2, 0.25) is 0 Å². The van der Waals surface area contributed by atoms with E-state index in [0.29, 0.717) is 12.2 Å². The molecule has 0 aliphatic carbocycles. The summed E-state index contributed by atoms with van der Waals surface area (Å²) in [5.74, 6) is 0. The lowest BCUT2D eigenvalue weighted by Crippen LogP contribution is -2.52. The predicted octanol–water partition coefficient (Wildman–Crippen LogP) is 6.11. The Morgan fingerprint density at radius 2 is 1.48 bits per heavy atom. The van der Waals surface area contributed by atoms with Crippen LogP contribution in [0.2, 0.25) is 18.1 Å². The third-order valence-electron chi connectivity index (χ3n) is 5.14. The van der Waals surface area contributed by atoms with Crippen LogP contribution in [0.1, 0.15) is 31.9 Å². The van der Waals surface area contributed by atoms with E-state index in [1.807, 2.05) is 12.1 Å². The molecule has 0 unspecified atom stereocenters. The molecule has 1 aromatic carbocycles. The highest BCUT2D eigenvalue weighted by molar-refractivity contribution is 6.83. The van der Waals surface area contributed by atoms with Crippen LogP contribution in [-0.4, -0.2) is 13.2 Å². The first-order chi connectivity index (χ1) is 11.9. The van der Waals surface area contributed by atoms with Crippen molar-refractivity contribution in [2.75, 3.05) is 4.57 Å². The Morgan fingerprint density at radius 1 is 0.920 bits per heavy atom. The molecule has 25 heavy (non-hydrogen) atoms. The van der Waals surface area contributed by atoms with Crippen LogP contribution < -0.4 is 4.57 Å². The van der Waals surface area contributed by atoms with Crippen LogP contribution in [0.15, 0.2) is 48.8 Å². The molecule has 0 spiro atoms. The van der Waals surface area contributed by atoms with Gasteiger partial charge in [0.15, 0.2) is 8.24 Å². The van der Waals surface area contributed by atoms with Crippen LogP contribution in [0.5, 0.6) is 0 Å². The summed E-state index contributed by atoms with van der Waals surface area (Å²) < 4.78 is 43.0. The number of benzene rings is 1. The van der Waals surface area contributed by atoms with Gasteiger partial charge < -0.3 is 4.57 Å². The molecule has 0 fully saturated rings. The first kappa shape index (κ1) is 19.5. The normalized spacial score (nSPS) is 12.2. The zero-order valence-electron chi connectivity index (χ0n) is 15.0. The topological polar surface area (TPSA) is 16.1 Å². The van der Waals surface area contributed by atoms with E-state index < -0.39 is 20.0 Å². The molecule has 136 valence electrons. The van der Waals surface area contributed by atoms with Crippen molar-refractivity contribution in [2.24, 2.45) is 0 Å². The standard InChI is InChI=1S/C19H25F3N2Si/c1-4-25(5-2,6-3)24(15-16-11-13-23-14-12-16)18-10-8-7-9-17(18)19(20,21)22/h7-14H,4-6,15H2,1-3H3. The first-order valence-electron chi connectivity index (χ1n) is 8.70. The summed E-state index contributed by atoms with van der Waals surface area (Å²) in [6.07, 6.45) is -0.977. The lowest BCUT2D eigenvalue weighted by Gasteiger charge is -2.44.